The summed E-state index contributed by atoms with van der Waals surface area (Å²) in [7, 11) is -3.22. The molecule has 0 aliphatic rings. The number of hydrogen-bond donors (Lipinski definition) is 0. The molecule has 3 nitrogen and oxygen atoms in total. The van der Waals surface area contributed by atoms with E-state index < -0.39 is 7.60 Å². The quantitative estimate of drug-likeness (QED) is 0.0981. The first-order chi connectivity index (χ1) is 12.8. The highest BCUT2D eigenvalue weighted by Crippen LogP contribution is 2.49. The molecule has 0 heterocycles. The van der Waals surface area contributed by atoms with E-state index in [0.29, 0.717) is 13.2 Å². The van der Waals surface area contributed by atoms with Gasteiger partial charge in [-0.15, -0.1) is 5.73 Å². The van der Waals surface area contributed by atoms with Gasteiger partial charge in [0, 0.05) is 0 Å². The van der Waals surface area contributed by atoms with Crippen LogP contribution < -0.4 is 0 Å². The Kier molecular flexibility index (Phi) is 15.2. The summed E-state index contributed by atoms with van der Waals surface area (Å²) in [4.78, 5) is 0. The monoisotopic (exact) mass is 394 g/mol. The van der Waals surface area contributed by atoms with Crippen LogP contribution in [0.4, 0.5) is 0 Å². The Labute approximate surface area is 167 Å². The SMILES string of the molecule is CCCCOP(=O)(C=C=C(C)/C=C/C=C(\C)CCC=C(C)C)OCCCC. The molecule has 0 radical (unpaired) electrons. The minimum absolute atomic E-state index is 0.445. The van der Waals surface area contributed by atoms with Crippen LogP contribution in [-0.4, -0.2) is 13.2 Å². The minimum Gasteiger partial charge on any atom is -0.305 e. The van der Waals surface area contributed by atoms with Gasteiger partial charge in [-0.3, -0.25) is 4.57 Å². The molecule has 0 aliphatic heterocycles. The highest BCUT2D eigenvalue weighted by atomic mass is 31.2. The van der Waals surface area contributed by atoms with Crippen LogP contribution in [-0.2, 0) is 13.6 Å². The van der Waals surface area contributed by atoms with Crippen molar-refractivity contribution in [1.82, 2.24) is 0 Å². The number of rotatable bonds is 14. The van der Waals surface area contributed by atoms with E-state index in [1.165, 1.54) is 17.0 Å². The van der Waals surface area contributed by atoms with E-state index in [2.05, 4.69) is 52.5 Å². The molecule has 0 bridgehead atoms. The van der Waals surface area contributed by atoms with Crippen molar-refractivity contribution in [3.8, 4) is 0 Å². The van der Waals surface area contributed by atoms with Crippen LogP contribution >= 0.6 is 7.60 Å². The molecule has 27 heavy (non-hydrogen) atoms. The molecule has 0 aliphatic carbocycles. The molecule has 0 saturated carbocycles. The molecule has 0 unspecified atom stereocenters. The molecule has 0 rings (SSSR count). The molecule has 0 aromatic heterocycles. The molecule has 0 aromatic carbocycles. The van der Waals surface area contributed by atoms with E-state index in [0.717, 1.165) is 44.1 Å². The van der Waals surface area contributed by atoms with Crippen molar-refractivity contribution >= 4 is 7.60 Å². The molecular weight excluding hydrogens is 355 g/mol. The zero-order chi connectivity index (χ0) is 20.5. The summed E-state index contributed by atoms with van der Waals surface area (Å²) in [5, 5.41) is 0. The first-order valence-electron chi connectivity index (χ1n) is 10.1. The second-order valence-electron chi connectivity index (χ2n) is 7.06. The van der Waals surface area contributed by atoms with Crippen molar-refractivity contribution in [2.45, 2.75) is 80.1 Å². The van der Waals surface area contributed by atoms with Gasteiger partial charge in [-0.05, 0) is 59.0 Å². The van der Waals surface area contributed by atoms with Crippen molar-refractivity contribution in [2.24, 2.45) is 0 Å². The maximum absolute atomic E-state index is 12.8. The lowest BCUT2D eigenvalue weighted by molar-refractivity contribution is 0.207. The van der Waals surface area contributed by atoms with Gasteiger partial charge in [0.2, 0.25) is 0 Å². The smallest absolute Gasteiger partial charge is 0.305 e. The third-order valence-electron chi connectivity index (χ3n) is 3.81. The number of hydrogen-bond acceptors (Lipinski definition) is 3. The molecular formula is C23H39O3P. The van der Waals surface area contributed by atoms with Crippen molar-refractivity contribution < 1.29 is 13.6 Å². The summed E-state index contributed by atoms with van der Waals surface area (Å²) in [6, 6.07) is 0. The van der Waals surface area contributed by atoms with Crippen LogP contribution in [0.2, 0.25) is 0 Å². The standard InChI is InChI=1S/C23H39O3P/c1-7-9-18-25-27(24,26-19-10-8-2)20-17-23(6)16-12-15-22(5)14-11-13-21(3)4/h12-13,15-16,20H,7-11,14,18-19H2,1-6H3/b16-12+,22-15+. The first kappa shape index (κ1) is 25.9. The first-order valence-corrected chi connectivity index (χ1v) is 11.7. The molecule has 4 heteroatoms. The predicted molar refractivity (Wildman–Crippen MR) is 118 cm³/mol. The summed E-state index contributed by atoms with van der Waals surface area (Å²) < 4.78 is 23.9. The lowest BCUT2D eigenvalue weighted by Gasteiger charge is -2.14. The lowest BCUT2D eigenvalue weighted by atomic mass is 10.1. The van der Waals surface area contributed by atoms with Crippen LogP contribution in [0, 0.1) is 0 Å². The van der Waals surface area contributed by atoms with E-state index in [4.69, 9.17) is 9.05 Å². The molecule has 0 atom stereocenters. The summed E-state index contributed by atoms with van der Waals surface area (Å²) in [6.07, 6.45) is 14.2. The van der Waals surface area contributed by atoms with Gasteiger partial charge in [-0.2, -0.15) is 0 Å². The summed E-state index contributed by atoms with van der Waals surface area (Å²) in [5.41, 5.74) is 6.64. The van der Waals surface area contributed by atoms with Crippen molar-refractivity contribution in [1.29, 1.82) is 0 Å². The third-order valence-corrected chi connectivity index (χ3v) is 5.34. The molecule has 0 spiro atoms. The zero-order valence-electron chi connectivity index (χ0n) is 18.2. The van der Waals surface area contributed by atoms with Gasteiger partial charge in [0.05, 0.1) is 19.0 Å². The average Bonchev–Trinajstić information content (AvgIpc) is 2.60. The Morgan fingerprint density at radius 2 is 1.59 bits per heavy atom. The molecule has 0 aromatic rings. The Bertz CT molecular complexity index is 587. The Hall–Kier alpha value is -1.11. The van der Waals surface area contributed by atoms with Crippen molar-refractivity contribution in [3.63, 3.8) is 0 Å². The maximum Gasteiger partial charge on any atom is 0.361 e. The second kappa shape index (κ2) is 15.9. The largest absolute Gasteiger partial charge is 0.361 e. The van der Waals surface area contributed by atoms with Gasteiger partial charge < -0.3 is 9.05 Å². The zero-order valence-corrected chi connectivity index (χ0v) is 19.1. The van der Waals surface area contributed by atoms with Gasteiger partial charge >= 0.3 is 7.60 Å². The third kappa shape index (κ3) is 15.6. The van der Waals surface area contributed by atoms with E-state index in [1.54, 1.807) is 0 Å². The van der Waals surface area contributed by atoms with Crippen LogP contribution in [0.25, 0.3) is 0 Å². The van der Waals surface area contributed by atoms with Crippen LogP contribution in [0.3, 0.4) is 0 Å². The Morgan fingerprint density at radius 1 is 1.00 bits per heavy atom. The molecule has 0 amide bonds. The Balaban J connectivity index is 4.91. The predicted octanol–water partition coefficient (Wildman–Crippen LogP) is 8.12. The summed E-state index contributed by atoms with van der Waals surface area (Å²) in [6.45, 7) is 13.3. The lowest BCUT2D eigenvalue weighted by Crippen LogP contribution is -1.97. The topological polar surface area (TPSA) is 35.5 Å². The molecule has 0 fully saturated rings. The molecule has 0 N–H and O–H groups in total. The van der Waals surface area contributed by atoms with E-state index in [1.807, 2.05) is 19.1 Å². The van der Waals surface area contributed by atoms with Gasteiger partial charge in [0.25, 0.3) is 0 Å². The minimum atomic E-state index is -3.22. The highest BCUT2D eigenvalue weighted by molar-refractivity contribution is 7.57. The Morgan fingerprint density at radius 3 is 2.11 bits per heavy atom. The fourth-order valence-corrected chi connectivity index (χ4v) is 3.39. The van der Waals surface area contributed by atoms with E-state index >= 15 is 0 Å². The van der Waals surface area contributed by atoms with Gasteiger partial charge in [-0.25, -0.2) is 0 Å². The van der Waals surface area contributed by atoms with Gasteiger partial charge in [-0.1, -0.05) is 62.1 Å². The van der Waals surface area contributed by atoms with Crippen LogP contribution in [0.15, 0.2) is 52.6 Å². The fourth-order valence-electron chi connectivity index (χ4n) is 2.04. The average molecular weight is 395 g/mol. The number of allylic oxidation sites excluding steroid dienone is 7. The summed E-state index contributed by atoms with van der Waals surface area (Å²) in [5.74, 6) is 1.48. The summed E-state index contributed by atoms with van der Waals surface area (Å²) >= 11 is 0. The second-order valence-corrected chi connectivity index (χ2v) is 8.92. The van der Waals surface area contributed by atoms with Gasteiger partial charge in [0.15, 0.2) is 0 Å². The molecule has 0 saturated heterocycles. The van der Waals surface area contributed by atoms with Crippen LogP contribution in [0.1, 0.15) is 80.1 Å². The van der Waals surface area contributed by atoms with Crippen molar-refractivity contribution in [2.75, 3.05) is 13.2 Å². The highest BCUT2D eigenvalue weighted by Gasteiger charge is 2.20. The fraction of sp³-hybridized carbons (Fsp3) is 0.609. The van der Waals surface area contributed by atoms with E-state index in [-0.39, 0.29) is 0 Å². The van der Waals surface area contributed by atoms with E-state index in [9.17, 15) is 4.57 Å². The maximum atomic E-state index is 12.8. The molecule has 154 valence electrons. The van der Waals surface area contributed by atoms with Crippen molar-refractivity contribution in [3.05, 3.63) is 52.6 Å². The normalized spacial score (nSPS) is 12.1. The number of unbranched alkanes of at least 4 members (excludes halogenated alkanes) is 2. The van der Waals surface area contributed by atoms with Gasteiger partial charge in [0.1, 0.15) is 0 Å². The van der Waals surface area contributed by atoms with Crippen LogP contribution in [0.5, 0.6) is 0 Å².